The van der Waals surface area contributed by atoms with Crippen LogP contribution < -0.4 is 10.2 Å². The first-order chi connectivity index (χ1) is 16.7. The number of nitrogens with one attached hydrogen (secondary N) is 2. The summed E-state index contributed by atoms with van der Waals surface area (Å²) in [5, 5.41) is 10.7. The molecule has 6 heteroatoms. The van der Waals surface area contributed by atoms with Crippen molar-refractivity contribution < 1.29 is 4.79 Å². The van der Waals surface area contributed by atoms with Crippen molar-refractivity contribution in [3.63, 3.8) is 0 Å². The molecule has 0 atom stereocenters. The number of piperidine rings is 1. The van der Waals surface area contributed by atoms with Crippen LogP contribution in [-0.2, 0) is 0 Å². The van der Waals surface area contributed by atoms with Crippen molar-refractivity contribution in [1.82, 2.24) is 20.4 Å². The van der Waals surface area contributed by atoms with E-state index in [-0.39, 0.29) is 5.91 Å². The number of carbonyl (C=O) groups is 1. The zero-order valence-electron chi connectivity index (χ0n) is 20.5. The van der Waals surface area contributed by atoms with Gasteiger partial charge in [0.2, 0.25) is 0 Å². The molecule has 1 fully saturated rings. The van der Waals surface area contributed by atoms with Crippen molar-refractivity contribution in [1.29, 1.82) is 0 Å². The summed E-state index contributed by atoms with van der Waals surface area (Å²) < 4.78 is 0. The zero-order valence-corrected chi connectivity index (χ0v) is 20.5. The molecule has 1 amide bonds. The standard InChI is InChI=1S/C28H37N5O/c1-3-32(4-2)18-8-17-29-28(34)24-11-9-22(10-12-24)26-21-27(31-30-26)23-13-15-25(16-14-23)33-19-6-5-7-20-33/h9-16,21H,3-8,17-20H2,1-2H3,(H,29,34)(H,30,31). The normalized spacial score (nSPS) is 13.9. The minimum atomic E-state index is -0.0230. The van der Waals surface area contributed by atoms with Crippen LogP contribution in [0.15, 0.2) is 54.6 Å². The third-order valence-corrected chi connectivity index (χ3v) is 6.75. The second kappa shape index (κ2) is 11.8. The van der Waals surface area contributed by atoms with Gasteiger partial charge in [0.15, 0.2) is 0 Å². The van der Waals surface area contributed by atoms with Crippen LogP contribution in [0.25, 0.3) is 22.5 Å². The number of anilines is 1. The summed E-state index contributed by atoms with van der Waals surface area (Å²) in [5.41, 5.74) is 5.96. The first-order valence-corrected chi connectivity index (χ1v) is 12.7. The van der Waals surface area contributed by atoms with E-state index in [4.69, 9.17) is 0 Å². The van der Waals surface area contributed by atoms with Gasteiger partial charge in [-0.05, 0) is 81.2 Å². The molecule has 180 valence electrons. The van der Waals surface area contributed by atoms with Crippen LogP contribution in [0.5, 0.6) is 0 Å². The molecular weight excluding hydrogens is 422 g/mol. The fraction of sp³-hybridized carbons (Fsp3) is 0.429. The summed E-state index contributed by atoms with van der Waals surface area (Å²) >= 11 is 0. The molecular formula is C28H37N5O. The van der Waals surface area contributed by atoms with Crippen LogP contribution in [0.1, 0.15) is 49.9 Å². The Morgan fingerprint density at radius 1 is 0.971 bits per heavy atom. The Labute approximate surface area is 203 Å². The minimum absolute atomic E-state index is 0.0230. The molecule has 1 saturated heterocycles. The number of nitrogens with zero attached hydrogens (tertiary/aromatic N) is 3. The molecule has 0 unspecified atom stereocenters. The minimum Gasteiger partial charge on any atom is -0.372 e. The van der Waals surface area contributed by atoms with Gasteiger partial charge in [-0.15, -0.1) is 0 Å². The molecule has 0 spiro atoms. The lowest BCUT2D eigenvalue weighted by atomic mass is 10.1. The molecule has 34 heavy (non-hydrogen) atoms. The summed E-state index contributed by atoms with van der Waals surface area (Å²) in [7, 11) is 0. The van der Waals surface area contributed by atoms with Gasteiger partial charge in [0.05, 0.1) is 11.4 Å². The maximum atomic E-state index is 12.5. The van der Waals surface area contributed by atoms with Crippen LogP contribution >= 0.6 is 0 Å². The molecule has 0 bridgehead atoms. The Morgan fingerprint density at radius 3 is 2.32 bits per heavy atom. The summed E-state index contributed by atoms with van der Waals surface area (Å²) in [6.45, 7) is 10.4. The van der Waals surface area contributed by atoms with Gasteiger partial charge in [-0.2, -0.15) is 5.10 Å². The Kier molecular flexibility index (Phi) is 8.36. The fourth-order valence-corrected chi connectivity index (χ4v) is 4.56. The Morgan fingerprint density at radius 2 is 1.65 bits per heavy atom. The molecule has 3 aromatic rings. The first kappa shape index (κ1) is 24.0. The number of H-pyrrole nitrogens is 1. The smallest absolute Gasteiger partial charge is 0.251 e. The van der Waals surface area contributed by atoms with Gasteiger partial charge in [0.1, 0.15) is 0 Å². The van der Waals surface area contributed by atoms with E-state index >= 15 is 0 Å². The van der Waals surface area contributed by atoms with E-state index in [0.717, 1.165) is 61.7 Å². The molecule has 0 radical (unpaired) electrons. The molecule has 0 saturated carbocycles. The van der Waals surface area contributed by atoms with Crippen molar-refractivity contribution in [2.24, 2.45) is 0 Å². The topological polar surface area (TPSA) is 64.3 Å². The van der Waals surface area contributed by atoms with Crippen LogP contribution in [0, 0.1) is 0 Å². The number of rotatable bonds is 10. The van der Waals surface area contributed by atoms with Gasteiger partial charge >= 0.3 is 0 Å². The van der Waals surface area contributed by atoms with Gasteiger partial charge in [-0.25, -0.2) is 0 Å². The molecule has 2 aromatic carbocycles. The Bertz CT molecular complexity index is 1030. The van der Waals surface area contributed by atoms with Crippen LogP contribution in [-0.4, -0.2) is 60.3 Å². The lowest BCUT2D eigenvalue weighted by molar-refractivity contribution is 0.0952. The molecule has 1 aliphatic heterocycles. The number of carbonyl (C=O) groups excluding carboxylic acids is 1. The molecule has 1 aliphatic rings. The predicted octanol–water partition coefficient (Wildman–Crippen LogP) is 5.20. The van der Waals surface area contributed by atoms with Gasteiger partial charge in [0, 0.05) is 36.4 Å². The van der Waals surface area contributed by atoms with Gasteiger partial charge in [-0.1, -0.05) is 38.1 Å². The van der Waals surface area contributed by atoms with Gasteiger partial charge in [0.25, 0.3) is 5.91 Å². The van der Waals surface area contributed by atoms with E-state index in [1.165, 1.54) is 24.9 Å². The van der Waals surface area contributed by atoms with Crippen molar-refractivity contribution in [2.75, 3.05) is 44.2 Å². The highest BCUT2D eigenvalue weighted by Gasteiger charge is 2.12. The van der Waals surface area contributed by atoms with E-state index in [2.05, 4.69) is 69.5 Å². The molecule has 1 aromatic heterocycles. The average molecular weight is 460 g/mol. The molecule has 4 rings (SSSR count). The summed E-state index contributed by atoms with van der Waals surface area (Å²) in [6.07, 6.45) is 4.86. The summed E-state index contributed by atoms with van der Waals surface area (Å²) in [5.74, 6) is -0.0230. The number of amides is 1. The Balaban J connectivity index is 1.33. The SMILES string of the molecule is CCN(CC)CCCNC(=O)c1ccc(-c2cc(-c3ccc(N4CCCCC4)cc3)n[nH]2)cc1. The van der Waals surface area contributed by atoms with Crippen molar-refractivity contribution in [2.45, 2.75) is 39.5 Å². The van der Waals surface area contributed by atoms with E-state index in [9.17, 15) is 4.79 Å². The van der Waals surface area contributed by atoms with Crippen LogP contribution in [0.4, 0.5) is 5.69 Å². The van der Waals surface area contributed by atoms with Gasteiger partial charge in [-0.3, -0.25) is 9.89 Å². The maximum absolute atomic E-state index is 12.5. The third kappa shape index (κ3) is 6.06. The molecule has 2 heterocycles. The average Bonchev–Trinajstić information content (AvgIpc) is 3.40. The summed E-state index contributed by atoms with van der Waals surface area (Å²) in [6, 6.07) is 18.5. The Hall–Kier alpha value is -3.12. The fourth-order valence-electron chi connectivity index (χ4n) is 4.56. The molecule has 0 aliphatic carbocycles. The monoisotopic (exact) mass is 459 g/mol. The van der Waals surface area contributed by atoms with Crippen molar-refractivity contribution >= 4 is 11.6 Å². The largest absolute Gasteiger partial charge is 0.372 e. The maximum Gasteiger partial charge on any atom is 0.251 e. The van der Waals surface area contributed by atoms with Crippen LogP contribution in [0.2, 0.25) is 0 Å². The number of benzene rings is 2. The summed E-state index contributed by atoms with van der Waals surface area (Å²) in [4.78, 5) is 17.3. The second-order valence-corrected chi connectivity index (χ2v) is 8.98. The highest BCUT2D eigenvalue weighted by molar-refractivity contribution is 5.94. The van der Waals surface area contributed by atoms with E-state index in [1.807, 2.05) is 24.3 Å². The predicted molar refractivity (Wildman–Crippen MR) is 140 cm³/mol. The van der Waals surface area contributed by atoms with Gasteiger partial charge < -0.3 is 15.1 Å². The number of aromatic nitrogens is 2. The highest BCUT2D eigenvalue weighted by atomic mass is 16.1. The number of aromatic amines is 1. The van der Waals surface area contributed by atoms with Crippen molar-refractivity contribution in [3.05, 3.63) is 60.2 Å². The molecule has 6 nitrogen and oxygen atoms in total. The third-order valence-electron chi connectivity index (χ3n) is 6.75. The second-order valence-electron chi connectivity index (χ2n) is 8.98. The zero-order chi connectivity index (χ0) is 23.8. The highest BCUT2D eigenvalue weighted by Crippen LogP contribution is 2.27. The molecule has 2 N–H and O–H groups in total. The lowest BCUT2D eigenvalue weighted by Crippen LogP contribution is -2.29. The van der Waals surface area contributed by atoms with Crippen molar-refractivity contribution in [3.8, 4) is 22.5 Å². The lowest BCUT2D eigenvalue weighted by Gasteiger charge is -2.28. The number of hydrogen-bond donors (Lipinski definition) is 2. The van der Waals surface area contributed by atoms with E-state index < -0.39 is 0 Å². The van der Waals surface area contributed by atoms with E-state index in [0.29, 0.717) is 12.1 Å². The number of hydrogen-bond acceptors (Lipinski definition) is 4. The first-order valence-electron chi connectivity index (χ1n) is 12.7. The quantitative estimate of drug-likeness (QED) is 0.409. The van der Waals surface area contributed by atoms with E-state index in [1.54, 1.807) is 0 Å². The van der Waals surface area contributed by atoms with Crippen LogP contribution in [0.3, 0.4) is 0 Å².